The molecule has 2 aromatic heterocycles. The zero-order valence-electron chi connectivity index (χ0n) is 23.7. The topological polar surface area (TPSA) is 86.9 Å². The van der Waals surface area contributed by atoms with Gasteiger partial charge in [0.2, 0.25) is 5.91 Å². The molecule has 0 radical (unpaired) electrons. The van der Waals surface area contributed by atoms with Gasteiger partial charge in [-0.05, 0) is 54.9 Å². The number of rotatable bonds is 8. The quantitative estimate of drug-likeness (QED) is 0.250. The predicted octanol–water partition coefficient (Wildman–Crippen LogP) is 7.13. The molecule has 208 valence electrons. The molecule has 1 aliphatic heterocycles. The molecule has 40 heavy (non-hydrogen) atoms. The Hall–Kier alpha value is -3.71. The molecule has 0 spiro atoms. The molecule has 4 aromatic rings. The zero-order chi connectivity index (χ0) is 27.6. The number of H-pyrrole nitrogens is 2. The van der Waals surface area contributed by atoms with E-state index in [1.807, 2.05) is 31.1 Å². The molecule has 2 aromatic carbocycles. The van der Waals surface area contributed by atoms with Crippen LogP contribution in [0, 0.1) is 5.92 Å². The van der Waals surface area contributed by atoms with Gasteiger partial charge in [-0.25, -0.2) is 9.97 Å². The fourth-order valence-corrected chi connectivity index (χ4v) is 6.21. The van der Waals surface area contributed by atoms with E-state index in [2.05, 4.69) is 68.5 Å². The van der Waals surface area contributed by atoms with Crippen molar-refractivity contribution in [1.29, 1.82) is 0 Å². The molecule has 0 bridgehead atoms. The van der Waals surface area contributed by atoms with Crippen LogP contribution >= 0.6 is 0 Å². The minimum absolute atomic E-state index is 0.0188. The smallest absolute Gasteiger partial charge is 0.228 e. The molecule has 2 N–H and O–H groups in total. The lowest BCUT2D eigenvalue weighted by Gasteiger charge is -2.28. The van der Waals surface area contributed by atoms with Crippen LogP contribution in [0.4, 0.5) is 0 Å². The van der Waals surface area contributed by atoms with E-state index in [1.54, 1.807) is 7.11 Å². The van der Waals surface area contributed by atoms with Gasteiger partial charge in [-0.15, -0.1) is 0 Å². The molecule has 1 aliphatic carbocycles. The van der Waals surface area contributed by atoms with Crippen molar-refractivity contribution in [3.05, 3.63) is 72.6 Å². The van der Waals surface area contributed by atoms with Crippen LogP contribution in [0.15, 0.2) is 60.9 Å². The number of hydrogen-bond donors (Lipinski definition) is 2. The van der Waals surface area contributed by atoms with Crippen molar-refractivity contribution in [2.75, 3.05) is 13.7 Å². The summed E-state index contributed by atoms with van der Waals surface area (Å²) in [6.45, 7) is 4.65. The number of hydrogen-bond acceptors (Lipinski definition) is 4. The molecule has 1 saturated heterocycles. The third-order valence-electron chi connectivity index (χ3n) is 8.97. The summed E-state index contributed by atoms with van der Waals surface area (Å²) in [5.74, 6) is 2.53. The van der Waals surface area contributed by atoms with Crippen molar-refractivity contribution in [1.82, 2.24) is 24.8 Å². The lowest BCUT2D eigenvalue weighted by Crippen LogP contribution is -2.39. The first-order valence-corrected chi connectivity index (χ1v) is 14.7. The minimum Gasteiger partial charge on any atom is -0.381 e. The van der Waals surface area contributed by atoms with E-state index < -0.39 is 0 Å². The Labute approximate surface area is 236 Å². The number of aromatic nitrogens is 4. The fourth-order valence-electron chi connectivity index (χ4n) is 6.21. The van der Waals surface area contributed by atoms with Crippen LogP contribution in [-0.4, -0.2) is 50.5 Å². The second-order valence-electron chi connectivity index (χ2n) is 11.4. The summed E-state index contributed by atoms with van der Waals surface area (Å²) in [7, 11) is 1.65. The number of carbonyl (C=O) groups is 1. The second kappa shape index (κ2) is 11.4. The Balaban J connectivity index is 1.13. The van der Waals surface area contributed by atoms with Gasteiger partial charge in [-0.3, -0.25) is 4.79 Å². The Morgan fingerprint density at radius 1 is 0.800 bits per heavy atom. The van der Waals surface area contributed by atoms with Crippen LogP contribution in [0.5, 0.6) is 0 Å². The number of amides is 1. The molecule has 3 atom stereocenters. The normalized spacial score (nSPS) is 19.3. The van der Waals surface area contributed by atoms with Crippen LogP contribution in [-0.2, 0) is 9.53 Å². The SMILES string of the molecule is COC(C)[C@H](C)C(=O)N1CCC[C@H]1c1ncc(-c2ccc(-c3ccc(-c4cnc(C5CCCC5)[nH]4)cc3)cc2)[nH]1. The van der Waals surface area contributed by atoms with Gasteiger partial charge in [-0.2, -0.15) is 0 Å². The van der Waals surface area contributed by atoms with E-state index in [-0.39, 0.29) is 24.0 Å². The molecule has 2 aliphatic rings. The van der Waals surface area contributed by atoms with Crippen molar-refractivity contribution in [3.63, 3.8) is 0 Å². The minimum atomic E-state index is -0.185. The number of likely N-dealkylation sites (tertiary alicyclic amines) is 1. The number of carbonyl (C=O) groups excluding carboxylic acids is 1. The van der Waals surface area contributed by atoms with Crippen molar-refractivity contribution >= 4 is 5.91 Å². The summed E-state index contributed by atoms with van der Waals surface area (Å²) in [4.78, 5) is 31.5. The Morgan fingerprint density at radius 3 is 1.90 bits per heavy atom. The maximum Gasteiger partial charge on any atom is 0.228 e. The number of nitrogens with zero attached hydrogens (tertiary/aromatic N) is 3. The lowest BCUT2D eigenvalue weighted by molar-refractivity contribution is -0.140. The average molecular weight is 538 g/mol. The van der Waals surface area contributed by atoms with Crippen molar-refractivity contribution in [2.45, 2.75) is 70.4 Å². The van der Waals surface area contributed by atoms with Gasteiger partial charge in [0.1, 0.15) is 11.6 Å². The highest BCUT2D eigenvalue weighted by molar-refractivity contribution is 5.80. The van der Waals surface area contributed by atoms with Gasteiger partial charge >= 0.3 is 0 Å². The van der Waals surface area contributed by atoms with Crippen LogP contribution in [0.2, 0.25) is 0 Å². The average Bonchev–Trinajstić information content (AvgIpc) is 3.82. The molecule has 6 rings (SSSR count). The largest absolute Gasteiger partial charge is 0.381 e. The number of methoxy groups -OCH3 is 1. The van der Waals surface area contributed by atoms with E-state index in [1.165, 1.54) is 36.8 Å². The van der Waals surface area contributed by atoms with E-state index in [0.717, 1.165) is 53.5 Å². The van der Waals surface area contributed by atoms with Gasteiger partial charge < -0.3 is 19.6 Å². The van der Waals surface area contributed by atoms with Gasteiger partial charge in [0.05, 0.1) is 41.8 Å². The monoisotopic (exact) mass is 537 g/mol. The highest BCUT2D eigenvalue weighted by atomic mass is 16.5. The molecule has 3 heterocycles. The first kappa shape index (κ1) is 26.5. The van der Waals surface area contributed by atoms with Crippen molar-refractivity contribution in [2.24, 2.45) is 5.92 Å². The molecule has 7 nitrogen and oxygen atoms in total. The first-order chi connectivity index (χ1) is 19.5. The maximum absolute atomic E-state index is 13.1. The van der Waals surface area contributed by atoms with Crippen molar-refractivity contribution < 1.29 is 9.53 Å². The van der Waals surface area contributed by atoms with Crippen LogP contribution < -0.4 is 0 Å². The Kier molecular flexibility index (Phi) is 7.57. The molecule has 7 heteroatoms. The Morgan fingerprint density at radius 2 is 1.32 bits per heavy atom. The summed E-state index contributed by atoms with van der Waals surface area (Å²) in [6, 6.07) is 17.2. The van der Waals surface area contributed by atoms with E-state index in [0.29, 0.717) is 5.92 Å². The van der Waals surface area contributed by atoms with Gasteiger partial charge in [0.15, 0.2) is 0 Å². The molecule has 1 saturated carbocycles. The maximum atomic E-state index is 13.1. The fraction of sp³-hybridized carbons (Fsp3) is 0.424. The number of ether oxygens (including phenoxy) is 1. The summed E-state index contributed by atoms with van der Waals surface area (Å²) < 4.78 is 5.41. The highest BCUT2D eigenvalue weighted by Gasteiger charge is 2.35. The summed E-state index contributed by atoms with van der Waals surface area (Å²) >= 11 is 0. The molecule has 1 unspecified atom stereocenters. The third-order valence-corrected chi connectivity index (χ3v) is 8.97. The van der Waals surface area contributed by atoms with Gasteiger partial charge in [-0.1, -0.05) is 68.3 Å². The summed E-state index contributed by atoms with van der Waals surface area (Å²) in [6.07, 6.45) is 10.7. The number of nitrogens with one attached hydrogen (secondary N) is 2. The molecular formula is C33H39N5O2. The van der Waals surface area contributed by atoms with E-state index >= 15 is 0 Å². The molecule has 1 amide bonds. The van der Waals surface area contributed by atoms with Crippen LogP contribution in [0.1, 0.15) is 76.0 Å². The second-order valence-corrected chi connectivity index (χ2v) is 11.4. The summed E-state index contributed by atoms with van der Waals surface area (Å²) in [5, 5.41) is 0. The van der Waals surface area contributed by atoms with Crippen molar-refractivity contribution in [3.8, 4) is 33.6 Å². The van der Waals surface area contributed by atoms with Crippen LogP contribution in [0.25, 0.3) is 33.6 Å². The molecular weight excluding hydrogens is 498 g/mol. The number of aromatic amines is 2. The Bertz CT molecular complexity index is 1430. The zero-order valence-corrected chi connectivity index (χ0v) is 23.7. The molecule has 2 fully saturated rings. The summed E-state index contributed by atoms with van der Waals surface area (Å²) in [5.41, 5.74) is 6.63. The van der Waals surface area contributed by atoms with Gasteiger partial charge in [0.25, 0.3) is 0 Å². The van der Waals surface area contributed by atoms with Crippen LogP contribution in [0.3, 0.4) is 0 Å². The number of imidazole rings is 2. The predicted molar refractivity (Wildman–Crippen MR) is 158 cm³/mol. The van der Waals surface area contributed by atoms with Gasteiger partial charge in [0, 0.05) is 19.6 Å². The van der Waals surface area contributed by atoms with E-state index in [9.17, 15) is 4.79 Å². The van der Waals surface area contributed by atoms with E-state index in [4.69, 9.17) is 4.74 Å². The third kappa shape index (κ3) is 5.22. The first-order valence-electron chi connectivity index (χ1n) is 14.7. The number of benzene rings is 2. The highest BCUT2D eigenvalue weighted by Crippen LogP contribution is 2.35. The lowest BCUT2D eigenvalue weighted by atomic mass is 10.0. The standard InChI is InChI=1S/C33H39N5O2/c1-21(22(2)40-3)33(39)38-18-6-9-30(38)32-35-20-29(37-32)26-16-12-24(13-17-26)23-10-14-25(15-11-23)28-19-34-31(36-28)27-7-4-5-8-27/h10-17,19-22,27,30H,4-9,18H2,1-3H3,(H,34,36)(H,35,37)/t21-,22?,30-/m0/s1.